The van der Waals surface area contributed by atoms with Gasteiger partial charge in [-0.1, -0.05) is 0 Å². The monoisotopic (exact) mass is 240 g/mol. The molecule has 0 saturated carbocycles. The number of likely N-dealkylation sites (tertiary alicyclic amines) is 1. The van der Waals surface area contributed by atoms with Crippen molar-refractivity contribution in [2.75, 3.05) is 22.6 Å². The maximum atomic E-state index is 2.62. The summed E-state index contributed by atoms with van der Waals surface area (Å²) in [5, 5.41) is 0. The third-order valence-electron chi connectivity index (χ3n) is 1.74. The molecule has 1 aliphatic heterocycles. The summed E-state index contributed by atoms with van der Waals surface area (Å²) in [5.74, 6) is 0. The van der Waals surface area contributed by atoms with Crippen molar-refractivity contribution in [3.8, 4) is 0 Å². The summed E-state index contributed by atoms with van der Waals surface area (Å²) >= 11 is 0.508. The van der Waals surface area contributed by atoms with E-state index in [2.05, 4.69) is 9.83 Å². The molecule has 1 rings (SSSR count). The van der Waals surface area contributed by atoms with E-state index in [-0.39, 0.29) is 0 Å². The molecule has 0 bridgehead atoms. The van der Waals surface area contributed by atoms with E-state index in [1.807, 2.05) is 0 Å². The average Bonchev–Trinajstić information content (AvgIpc) is 1.91. The quantitative estimate of drug-likeness (QED) is 0.311. The van der Waals surface area contributed by atoms with E-state index in [0.29, 0.717) is 21.2 Å². The van der Waals surface area contributed by atoms with Gasteiger partial charge in [0.2, 0.25) is 0 Å². The van der Waals surface area contributed by atoms with Gasteiger partial charge in [0.25, 0.3) is 0 Å². The van der Waals surface area contributed by atoms with E-state index in [9.17, 15) is 0 Å². The Labute approximate surface area is 68.1 Å². The van der Waals surface area contributed by atoms with Crippen LogP contribution in [0.4, 0.5) is 0 Å². The molecule has 0 radical (unpaired) electrons. The zero-order valence-corrected chi connectivity index (χ0v) is 8.23. The molecule has 0 N–H and O–H groups in total. The summed E-state index contributed by atoms with van der Waals surface area (Å²) in [6.07, 6.45) is 4.37. The number of halogens is 1. The summed E-state index contributed by atoms with van der Waals surface area (Å²) < 4.78 is 1.43. The molecule has 0 aromatic heterocycles. The molecular formula is C7H15IN-. The van der Waals surface area contributed by atoms with Crippen molar-refractivity contribution in [3.63, 3.8) is 0 Å². The molecule has 0 aromatic rings. The van der Waals surface area contributed by atoms with E-state index < -0.39 is 0 Å². The summed E-state index contributed by atoms with van der Waals surface area (Å²) in [6, 6.07) is 0. The Kier molecular flexibility index (Phi) is 3.89. The Morgan fingerprint density at radius 3 is 2.44 bits per heavy atom. The van der Waals surface area contributed by atoms with Crippen molar-refractivity contribution in [1.82, 2.24) is 4.90 Å². The van der Waals surface area contributed by atoms with Gasteiger partial charge in [0, 0.05) is 0 Å². The standard InChI is InChI=1S/C7H15IN/c1-8-7-9-5-3-2-4-6-9/h2-7H2,1H3/q-1. The topological polar surface area (TPSA) is 3.24 Å². The van der Waals surface area contributed by atoms with Crippen LogP contribution in [0.15, 0.2) is 0 Å². The second-order valence-electron chi connectivity index (χ2n) is 2.57. The Hall–Kier alpha value is 0.690. The van der Waals surface area contributed by atoms with Crippen molar-refractivity contribution in [2.24, 2.45) is 0 Å². The minimum atomic E-state index is 0.508. The van der Waals surface area contributed by atoms with Crippen molar-refractivity contribution >= 4 is 0 Å². The predicted molar refractivity (Wildman–Crippen MR) is 36.2 cm³/mol. The Balaban J connectivity index is 2.08. The van der Waals surface area contributed by atoms with Crippen LogP contribution in [0.1, 0.15) is 19.3 Å². The van der Waals surface area contributed by atoms with Gasteiger partial charge in [-0.3, -0.25) is 0 Å². The van der Waals surface area contributed by atoms with E-state index in [0.717, 1.165) is 0 Å². The van der Waals surface area contributed by atoms with Crippen LogP contribution < -0.4 is 21.2 Å². The van der Waals surface area contributed by atoms with E-state index >= 15 is 0 Å². The van der Waals surface area contributed by atoms with Crippen LogP contribution in [0.25, 0.3) is 0 Å². The minimum absolute atomic E-state index is 0.508. The summed E-state index contributed by atoms with van der Waals surface area (Å²) in [6.45, 7) is 2.76. The number of hydrogen-bond donors (Lipinski definition) is 0. The van der Waals surface area contributed by atoms with Crippen molar-refractivity contribution < 1.29 is 21.2 Å². The molecule has 1 nitrogen and oxygen atoms in total. The zero-order chi connectivity index (χ0) is 6.53. The summed E-state index contributed by atoms with van der Waals surface area (Å²) in [7, 11) is 0. The Bertz CT molecular complexity index is 66.6. The second-order valence-corrected chi connectivity index (χ2v) is 4.77. The van der Waals surface area contributed by atoms with Crippen LogP contribution in [-0.4, -0.2) is 27.5 Å². The molecule has 0 spiro atoms. The molecule has 0 aromatic carbocycles. The van der Waals surface area contributed by atoms with Crippen molar-refractivity contribution in [1.29, 1.82) is 0 Å². The second kappa shape index (κ2) is 4.50. The molecular weight excluding hydrogens is 225 g/mol. The molecule has 0 unspecified atom stereocenters. The maximum absolute atomic E-state index is 2.62. The third-order valence-corrected chi connectivity index (χ3v) is 3.38. The fourth-order valence-electron chi connectivity index (χ4n) is 1.25. The normalized spacial score (nSPS) is 22.8. The molecule has 1 fully saturated rings. The number of piperidine rings is 1. The first-order chi connectivity index (χ1) is 4.43. The van der Waals surface area contributed by atoms with Gasteiger partial charge in [-0.05, 0) is 0 Å². The molecule has 0 aliphatic carbocycles. The van der Waals surface area contributed by atoms with Gasteiger partial charge >= 0.3 is 67.9 Å². The Morgan fingerprint density at radius 1 is 1.22 bits per heavy atom. The van der Waals surface area contributed by atoms with Crippen LogP contribution in [0.3, 0.4) is 0 Å². The van der Waals surface area contributed by atoms with E-state index in [1.54, 1.807) is 0 Å². The van der Waals surface area contributed by atoms with Gasteiger partial charge in [0.05, 0.1) is 0 Å². The fraction of sp³-hybridized carbons (Fsp3) is 1.00. The first kappa shape index (κ1) is 7.79. The number of nitrogens with zero attached hydrogens (tertiary/aromatic N) is 1. The number of hydrogen-bond acceptors (Lipinski definition) is 1. The van der Waals surface area contributed by atoms with Crippen molar-refractivity contribution in [3.05, 3.63) is 0 Å². The number of alkyl halides is 2. The predicted octanol–water partition coefficient (Wildman–Crippen LogP) is -1.85. The van der Waals surface area contributed by atoms with Crippen LogP contribution in [0, 0.1) is 0 Å². The first-order valence-electron chi connectivity index (χ1n) is 3.59. The Morgan fingerprint density at radius 2 is 1.89 bits per heavy atom. The summed E-state index contributed by atoms with van der Waals surface area (Å²) in [5.41, 5.74) is 0. The summed E-state index contributed by atoms with van der Waals surface area (Å²) in [4.78, 5) is 4.99. The fourth-order valence-corrected chi connectivity index (χ4v) is 2.90. The van der Waals surface area contributed by atoms with Gasteiger partial charge < -0.3 is 0 Å². The molecule has 2 heteroatoms. The zero-order valence-electron chi connectivity index (χ0n) is 6.07. The van der Waals surface area contributed by atoms with Gasteiger partial charge in [-0.2, -0.15) is 0 Å². The van der Waals surface area contributed by atoms with Crippen LogP contribution in [0.5, 0.6) is 0 Å². The molecule has 0 amide bonds. The van der Waals surface area contributed by atoms with Gasteiger partial charge in [0.15, 0.2) is 0 Å². The van der Waals surface area contributed by atoms with Gasteiger partial charge in [-0.15, -0.1) is 0 Å². The molecule has 1 aliphatic rings. The molecule has 9 heavy (non-hydrogen) atoms. The number of rotatable bonds is 2. The molecule has 0 atom stereocenters. The average molecular weight is 240 g/mol. The van der Waals surface area contributed by atoms with Crippen LogP contribution in [0.2, 0.25) is 0 Å². The molecule has 1 heterocycles. The van der Waals surface area contributed by atoms with Gasteiger partial charge in [-0.25, -0.2) is 0 Å². The SMILES string of the molecule is C[I-]CN1CCCCC1. The van der Waals surface area contributed by atoms with Crippen LogP contribution >= 0.6 is 0 Å². The van der Waals surface area contributed by atoms with Gasteiger partial charge in [0.1, 0.15) is 0 Å². The van der Waals surface area contributed by atoms with Crippen LogP contribution in [-0.2, 0) is 0 Å². The first-order valence-corrected chi connectivity index (χ1v) is 7.28. The molecule has 1 saturated heterocycles. The van der Waals surface area contributed by atoms with E-state index in [1.165, 1.54) is 36.9 Å². The molecule has 56 valence electrons. The van der Waals surface area contributed by atoms with E-state index in [4.69, 9.17) is 0 Å². The third kappa shape index (κ3) is 2.85. The van der Waals surface area contributed by atoms with Crippen molar-refractivity contribution in [2.45, 2.75) is 19.3 Å².